The van der Waals surface area contributed by atoms with Crippen molar-refractivity contribution in [1.29, 1.82) is 0 Å². The van der Waals surface area contributed by atoms with Gasteiger partial charge < -0.3 is 5.32 Å². The van der Waals surface area contributed by atoms with Crippen molar-refractivity contribution in [3.05, 3.63) is 15.6 Å². The van der Waals surface area contributed by atoms with Crippen LogP contribution in [0.2, 0.25) is 0 Å². The summed E-state index contributed by atoms with van der Waals surface area (Å²) in [5.74, 6) is 0.782. The van der Waals surface area contributed by atoms with E-state index in [0.29, 0.717) is 0 Å². The Morgan fingerprint density at radius 3 is 2.69 bits per heavy atom. The molecule has 0 aliphatic carbocycles. The Morgan fingerprint density at radius 1 is 1.38 bits per heavy atom. The van der Waals surface area contributed by atoms with E-state index >= 15 is 0 Å². The van der Waals surface area contributed by atoms with E-state index < -0.39 is 0 Å². The molecular weight excluding hydrogens is 216 g/mol. The average molecular weight is 240 g/mol. The molecular formula is C13H24N2S. The van der Waals surface area contributed by atoms with Gasteiger partial charge in [-0.3, -0.25) is 0 Å². The first-order valence-corrected chi connectivity index (χ1v) is 7.14. The first-order chi connectivity index (χ1) is 7.67. The summed E-state index contributed by atoms with van der Waals surface area (Å²) in [7, 11) is 0. The van der Waals surface area contributed by atoms with Crippen LogP contribution in [0.25, 0.3) is 0 Å². The van der Waals surface area contributed by atoms with Crippen LogP contribution in [-0.2, 0) is 12.8 Å². The van der Waals surface area contributed by atoms with E-state index in [-0.39, 0.29) is 0 Å². The molecule has 1 aromatic heterocycles. The molecule has 1 rings (SSSR count). The van der Waals surface area contributed by atoms with E-state index in [1.54, 1.807) is 0 Å². The molecule has 0 aromatic carbocycles. The Hall–Kier alpha value is -0.410. The summed E-state index contributed by atoms with van der Waals surface area (Å²) in [6.45, 7) is 11.1. The third-order valence-corrected chi connectivity index (χ3v) is 4.05. The molecule has 0 amide bonds. The monoisotopic (exact) mass is 240 g/mol. The predicted octanol–water partition coefficient (Wildman–Crippen LogP) is 3.19. The lowest BCUT2D eigenvalue weighted by molar-refractivity contribution is 0.502. The number of thiazole rings is 1. The highest BCUT2D eigenvalue weighted by Gasteiger charge is 2.05. The van der Waals surface area contributed by atoms with Crippen molar-refractivity contribution in [1.82, 2.24) is 10.3 Å². The maximum atomic E-state index is 4.64. The molecule has 0 saturated carbocycles. The number of aryl methyl sites for hydroxylation is 2. The van der Waals surface area contributed by atoms with E-state index in [9.17, 15) is 0 Å². The first-order valence-electron chi connectivity index (χ1n) is 6.33. The van der Waals surface area contributed by atoms with Gasteiger partial charge in [0, 0.05) is 17.8 Å². The molecule has 92 valence electrons. The predicted molar refractivity (Wildman–Crippen MR) is 72.3 cm³/mol. The van der Waals surface area contributed by atoms with Crippen molar-refractivity contribution < 1.29 is 0 Å². The first kappa shape index (κ1) is 13.7. The van der Waals surface area contributed by atoms with Crippen LogP contribution in [0.3, 0.4) is 0 Å². The van der Waals surface area contributed by atoms with Gasteiger partial charge in [-0.2, -0.15) is 0 Å². The van der Waals surface area contributed by atoms with Crippen molar-refractivity contribution >= 4 is 11.3 Å². The van der Waals surface area contributed by atoms with Crippen molar-refractivity contribution in [3.63, 3.8) is 0 Å². The molecule has 0 aliphatic heterocycles. The molecule has 0 saturated heterocycles. The van der Waals surface area contributed by atoms with Crippen LogP contribution in [0.4, 0.5) is 0 Å². The van der Waals surface area contributed by atoms with Crippen molar-refractivity contribution in [2.75, 3.05) is 13.1 Å². The molecule has 1 atom stereocenters. The molecule has 0 fully saturated rings. The Labute approximate surface area is 103 Å². The topological polar surface area (TPSA) is 24.9 Å². The van der Waals surface area contributed by atoms with E-state index in [1.165, 1.54) is 22.0 Å². The largest absolute Gasteiger partial charge is 0.316 e. The second-order valence-corrected chi connectivity index (χ2v) is 5.72. The van der Waals surface area contributed by atoms with Gasteiger partial charge in [0.05, 0.1) is 10.7 Å². The van der Waals surface area contributed by atoms with Gasteiger partial charge in [-0.15, -0.1) is 11.3 Å². The maximum Gasteiger partial charge on any atom is 0.0943 e. The zero-order valence-electron chi connectivity index (χ0n) is 11.0. The molecule has 2 nitrogen and oxygen atoms in total. The second-order valence-electron chi connectivity index (χ2n) is 4.43. The van der Waals surface area contributed by atoms with Gasteiger partial charge >= 0.3 is 0 Å². The van der Waals surface area contributed by atoms with Gasteiger partial charge in [0.25, 0.3) is 0 Å². The van der Waals surface area contributed by atoms with Gasteiger partial charge in [0.2, 0.25) is 0 Å². The number of nitrogens with one attached hydrogen (secondary N) is 1. The highest BCUT2D eigenvalue weighted by atomic mass is 32.1. The summed E-state index contributed by atoms with van der Waals surface area (Å²) in [6.07, 6.45) is 3.38. The van der Waals surface area contributed by atoms with Crippen LogP contribution in [0, 0.1) is 12.8 Å². The lowest BCUT2D eigenvalue weighted by Crippen LogP contribution is -2.23. The fourth-order valence-corrected chi connectivity index (χ4v) is 2.63. The van der Waals surface area contributed by atoms with E-state index in [2.05, 4.69) is 38.0 Å². The van der Waals surface area contributed by atoms with Crippen molar-refractivity contribution in [3.8, 4) is 0 Å². The standard InChI is InChI=1S/C13H24N2S/c1-5-10(3)9-14-8-7-13-15-12(6-2)11(4)16-13/h10,14H,5-9H2,1-4H3. The minimum absolute atomic E-state index is 0.782. The summed E-state index contributed by atoms with van der Waals surface area (Å²) in [4.78, 5) is 6.03. The summed E-state index contributed by atoms with van der Waals surface area (Å²) < 4.78 is 0. The lowest BCUT2D eigenvalue weighted by Gasteiger charge is -2.08. The molecule has 3 heteroatoms. The smallest absolute Gasteiger partial charge is 0.0943 e. The fourth-order valence-electron chi connectivity index (χ4n) is 1.61. The number of hydrogen-bond donors (Lipinski definition) is 1. The molecule has 0 bridgehead atoms. The average Bonchev–Trinajstić information content (AvgIpc) is 2.64. The van der Waals surface area contributed by atoms with Crippen LogP contribution < -0.4 is 5.32 Å². The van der Waals surface area contributed by atoms with Gasteiger partial charge in [-0.05, 0) is 25.8 Å². The molecule has 1 heterocycles. The third kappa shape index (κ3) is 4.22. The molecule has 16 heavy (non-hydrogen) atoms. The van der Waals surface area contributed by atoms with Crippen molar-refractivity contribution in [2.45, 2.75) is 47.0 Å². The lowest BCUT2D eigenvalue weighted by atomic mass is 10.1. The Morgan fingerprint density at radius 2 is 2.12 bits per heavy atom. The quantitative estimate of drug-likeness (QED) is 0.740. The highest BCUT2D eigenvalue weighted by molar-refractivity contribution is 7.11. The fraction of sp³-hybridized carbons (Fsp3) is 0.769. The number of rotatable bonds is 7. The van der Waals surface area contributed by atoms with Gasteiger partial charge in [-0.1, -0.05) is 27.2 Å². The van der Waals surface area contributed by atoms with E-state index in [0.717, 1.165) is 31.8 Å². The molecule has 0 radical (unpaired) electrons. The molecule has 0 spiro atoms. The maximum absolute atomic E-state index is 4.64. The van der Waals surface area contributed by atoms with Crippen LogP contribution in [0.5, 0.6) is 0 Å². The van der Waals surface area contributed by atoms with Crippen LogP contribution in [0.15, 0.2) is 0 Å². The van der Waals surface area contributed by atoms with Crippen LogP contribution in [0.1, 0.15) is 42.8 Å². The van der Waals surface area contributed by atoms with Gasteiger partial charge in [0.1, 0.15) is 0 Å². The molecule has 0 aliphatic rings. The summed E-state index contributed by atoms with van der Waals surface area (Å²) in [5.41, 5.74) is 1.28. The minimum Gasteiger partial charge on any atom is -0.316 e. The Bertz CT molecular complexity index is 307. The zero-order valence-corrected chi connectivity index (χ0v) is 11.8. The van der Waals surface area contributed by atoms with E-state index in [4.69, 9.17) is 0 Å². The van der Waals surface area contributed by atoms with Crippen LogP contribution in [-0.4, -0.2) is 18.1 Å². The minimum atomic E-state index is 0.782. The third-order valence-electron chi connectivity index (χ3n) is 2.98. The summed E-state index contributed by atoms with van der Waals surface area (Å²) in [5, 5.41) is 4.78. The van der Waals surface area contributed by atoms with Gasteiger partial charge in [0.15, 0.2) is 0 Å². The highest BCUT2D eigenvalue weighted by Crippen LogP contribution is 2.17. The number of hydrogen-bond acceptors (Lipinski definition) is 3. The Balaban J connectivity index is 2.26. The van der Waals surface area contributed by atoms with Gasteiger partial charge in [-0.25, -0.2) is 4.98 Å². The molecule has 1 N–H and O–H groups in total. The van der Waals surface area contributed by atoms with Crippen LogP contribution >= 0.6 is 11.3 Å². The number of nitrogens with zero attached hydrogens (tertiary/aromatic N) is 1. The molecule has 1 unspecified atom stereocenters. The second kappa shape index (κ2) is 7.02. The zero-order chi connectivity index (χ0) is 12.0. The normalized spacial score (nSPS) is 13.0. The summed E-state index contributed by atoms with van der Waals surface area (Å²) in [6, 6.07) is 0. The SMILES string of the molecule is CCc1nc(CCNCC(C)CC)sc1C. The van der Waals surface area contributed by atoms with Crippen molar-refractivity contribution in [2.24, 2.45) is 5.92 Å². The Kier molecular flexibility index (Phi) is 5.99. The molecule has 1 aromatic rings. The van der Waals surface area contributed by atoms with E-state index in [1.807, 2.05) is 11.3 Å². The summed E-state index contributed by atoms with van der Waals surface area (Å²) >= 11 is 1.85. The number of aromatic nitrogens is 1.